The predicted octanol–water partition coefficient (Wildman–Crippen LogP) is 2.53. The van der Waals surface area contributed by atoms with E-state index in [0.717, 1.165) is 5.75 Å². The molecule has 0 saturated heterocycles. The summed E-state index contributed by atoms with van der Waals surface area (Å²) in [5.74, 6) is 1.13. The van der Waals surface area contributed by atoms with Crippen LogP contribution in [0.25, 0.3) is 0 Å². The Hall–Kier alpha value is -0.430. The molecule has 0 bridgehead atoms. The van der Waals surface area contributed by atoms with Crippen LogP contribution in [0.2, 0.25) is 0 Å². The summed E-state index contributed by atoms with van der Waals surface area (Å²) >= 11 is 4.16. The lowest BCUT2D eigenvalue weighted by atomic mass is 10.0. The third kappa shape index (κ3) is 1.77. The summed E-state index contributed by atoms with van der Waals surface area (Å²) in [5, 5.41) is 0. The van der Waals surface area contributed by atoms with Gasteiger partial charge in [0, 0.05) is 0 Å². The fourth-order valence-corrected chi connectivity index (χ4v) is 1.04. The molecular weight excluding hydrogens is 140 g/mol. The molecule has 1 unspecified atom stereocenters. The van der Waals surface area contributed by atoms with Crippen LogP contribution in [0.3, 0.4) is 0 Å². The molecule has 1 radical (unpaired) electrons. The maximum absolute atomic E-state index is 4.16. The lowest BCUT2D eigenvalue weighted by molar-refractivity contribution is 0.984. The number of benzene rings is 1. The van der Waals surface area contributed by atoms with Gasteiger partial charge in [0.05, 0.1) is 0 Å². The Morgan fingerprint density at radius 3 is 2.40 bits per heavy atom. The van der Waals surface area contributed by atoms with Gasteiger partial charge in [0.2, 0.25) is 0 Å². The zero-order valence-corrected chi connectivity index (χ0v) is 6.72. The van der Waals surface area contributed by atoms with Gasteiger partial charge in [-0.3, -0.25) is 0 Å². The van der Waals surface area contributed by atoms with E-state index in [-0.39, 0.29) is 0 Å². The number of rotatable bonds is 2. The molecule has 1 aromatic rings. The molecule has 0 aliphatic carbocycles. The van der Waals surface area contributed by atoms with Gasteiger partial charge in [-0.05, 0) is 24.2 Å². The van der Waals surface area contributed by atoms with Crippen LogP contribution in [0.5, 0.6) is 0 Å². The summed E-state index contributed by atoms with van der Waals surface area (Å²) in [7, 11) is 0. The summed E-state index contributed by atoms with van der Waals surface area (Å²) < 4.78 is 0. The quantitative estimate of drug-likeness (QED) is 0.617. The van der Waals surface area contributed by atoms with Gasteiger partial charge in [-0.1, -0.05) is 30.3 Å². The van der Waals surface area contributed by atoms with Gasteiger partial charge in [-0.15, -0.1) is 0 Å². The average Bonchev–Trinajstić information content (AvgIpc) is 2.05. The smallest absolute Gasteiger partial charge is 0.00289 e. The average molecular weight is 151 g/mol. The lowest BCUT2D eigenvalue weighted by Crippen LogP contribution is -1.93. The molecule has 1 atom stereocenters. The van der Waals surface area contributed by atoms with Crippen molar-refractivity contribution in [2.75, 3.05) is 5.75 Å². The van der Waals surface area contributed by atoms with Gasteiger partial charge in [-0.25, -0.2) is 0 Å². The Labute approximate surface area is 67.7 Å². The SMILES string of the molecule is [CH2]C(CS)c1ccccc1. The van der Waals surface area contributed by atoms with Gasteiger partial charge in [0.15, 0.2) is 0 Å². The first kappa shape index (κ1) is 7.67. The van der Waals surface area contributed by atoms with Crippen LogP contribution >= 0.6 is 12.6 Å². The summed E-state index contributed by atoms with van der Waals surface area (Å²) in [6, 6.07) is 10.2. The van der Waals surface area contributed by atoms with Crippen LogP contribution in [-0.2, 0) is 0 Å². The molecule has 0 spiro atoms. The largest absolute Gasteiger partial charge is 0.179 e. The van der Waals surface area contributed by atoms with E-state index < -0.39 is 0 Å². The number of hydrogen-bond donors (Lipinski definition) is 1. The first-order valence-corrected chi connectivity index (χ1v) is 3.96. The molecule has 0 fully saturated rings. The normalized spacial score (nSPS) is 13.0. The molecule has 0 heterocycles. The highest BCUT2D eigenvalue weighted by Gasteiger charge is 1.99. The monoisotopic (exact) mass is 151 g/mol. The molecule has 0 amide bonds. The fourth-order valence-electron chi connectivity index (χ4n) is 0.831. The summed E-state index contributed by atoms with van der Waals surface area (Å²) in [6.07, 6.45) is 0. The Kier molecular flexibility index (Phi) is 2.82. The molecular formula is C9H11S. The third-order valence-corrected chi connectivity index (χ3v) is 1.93. The zero-order chi connectivity index (χ0) is 7.40. The minimum Gasteiger partial charge on any atom is -0.179 e. The highest BCUT2D eigenvalue weighted by molar-refractivity contribution is 7.80. The van der Waals surface area contributed by atoms with Crippen molar-refractivity contribution < 1.29 is 0 Å². The Bertz CT molecular complexity index is 181. The van der Waals surface area contributed by atoms with E-state index in [1.165, 1.54) is 5.56 Å². The maximum Gasteiger partial charge on any atom is -0.00289 e. The Balaban J connectivity index is 2.75. The molecule has 0 N–H and O–H groups in total. The van der Waals surface area contributed by atoms with Crippen LogP contribution in [0.15, 0.2) is 30.3 Å². The van der Waals surface area contributed by atoms with Crippen LogP contribution in [0.4, 0.5) is 0 Å². The van der Waals surface area contributed by atoms with E-state index in [1.807, 2.05) is 18.2 Å². The minimum absolute atomic E-state index is 0.324. The molecule has 53 valence electrons. The van der Waals surface area contributed by atoms with Crippen molar-refractivity contribution in [3.63, 3.8) is 0 Å². The standard InChI is InChI=1S/C9H11S/c1-8(7-10)9-5-3-2-4-6-9/h2-6,8,10H,1,7H2. The summed E-state index contributed by atoms with van der Waals surface area (Å²) in [6.45, 7) is 3.95. The molecule has 0 aliphatic rings. The highest BCUT2D eigenvalue weighted by atomic mass is 32.1. The summed E-state index contributed by atoms with van der Waals surface area (Å²) in [4.78, 5) is 0. The highest BCUT2D eigenvalue weighted by Crippen LogP contribution is 2.14. The second kappa shape index (κ2) is 3.67. The lowest BCUT2D eigenvalue weighted by Gasteiger charge is -2.05. The molecule has 1 rings (SSSR count). The number of hydrogen-bond acceptors (Lipinski definition) is 1. The molecule has 1 heteroatoms. The molecule has 10 heavy (non-hydrogen) atoms. The molecule has 0 saturated carbocycles. The van der Waals surface area contributed by atoms with Crippen LogP contribution in [0, 0.1) is 6.92 Å². The summed E-state index contributed by atoms with van der Waals surface area (Å²) in [5.41, 5.74) is 1.26. The third-order valence-electron chi connectivity index (χ3n) is 1.49. The van der Waals surface area contributed by atoms with E-state index in [1.54, 1.807) is 0 Å². The van der Waals surface area contributed by atoms with E-state index in [9.17, 15) is 0 Å². The topological polar surface area (TPSA) is 0 Å². The molecule has 0 aromatic heterocycles. The van der Waals surface area contributed by atoms with E-state index in [2.05, 4.69) is 31.7 Å². The van der Waals surface area contributed by atoms with Crippen LogP contribution in [0.1, 0.15) is 11.5 Å². The van der Waals surface area contributed by atoms with Crippen molar-refractivity contribution in [2.45, 2.75) is 5.92 Å². The first-order chi connectivity index (χ1) is 4.84. The predicted molar refractivity (Wildman–Crippen MR) is 48.4 cm³/mol. The molecule has 0 aliphatic heterocycles. The van der Waals surface area contributed by atoms with Gasteiger partial charge in [-0.2, -0.15) is 12.6 Å². The minimum atomic E-state index is 0.324. The Morgan fingerprint density at radius 2 is 1.90 bits per heavy atom. The van der Waals surface area contributed by atoms with Gasteiger partial charge in [0.25, 0.3) is 0 Å². The second-order valence-electron chi connectivity index (χ2n) is 2.29. The zero-order valence-electron chi connectivity index (χ0n) is 5.83. The van der Waals surface area contributed by atoms with Gasteiger partial charge < -0.3 is 0 Å². The van der Waals surface area contributed by atoms with Gasteiger partial charge >= 0.3 is 0 Å². The molecule has 1 aromatic carbocycles. The fraction of sp³-hybridized carbons (Fsp3) is 0.222. The second-order valence-corrected chi connectivity index (χ2v) is 2.66. The van der Waals surface area contributed by atoms with Crippen LogP contribution in [-0.4, -0.2) is 5.75 Å². The van der Waals surface area contributed by atoms with Crippen molar-refractivity contribution >= 4 is 12.6 Å². The maximum atomic E-state index is 4.16. The van der Waals surface area contributed by atoms with Crippen molar-refractivity contribution in [3.8, 4) is 0 Å². The van der Waals surface area contributed by atoms with Crippen molar-refractivity contribution in [3.05, 3.63) is 42.8 Å². The van der Waals surface area contributed by atoms with Crippen molar-refractivity contribution in [1.29, 1.82) is 0 Å². The van der Waals surface area contributed by atoms with E-state index >= 15 is 0 Å². The van der Waals surface area contributed by atoms with E-state index in [0.29, 0.717) is 5.92 Å². The molecule has 0 nitrogen and oxygen atoms in total. The van der Waals surface area contributed by atoms with Gasteiger partial charge in [0.1, 0.15) is 0 Å². The van der Waals surface area contributed by atoms with Crippen LogP contribution < -0.4 is 0 Å². The van der Waals surface area contributed by atoms with Crippen molar-refractivity contribution in [2.24, 2.45) is 0 Å². The number of thiol groups is 1. The first-order valence-electron chi connectivity index (χ1n) is 3.33. The Morgan fingerprint density at radius 1 is 1.30 bits per heavy atom. The van der Waals surface area contributed by atoms with Crippen molar-refractivity contribution in [1.82, 2.24) is 0 Å². The van der Waals surface area contributed by atoms with E-state index in [4.69, 9.17) is 0 Å².